The van der Waals surface area contributed by atoms with Gasteiger partial charge in [-0.1, -0.05) is 18.2 Å². The molecule has 1 aromatic carbocycles. The van der Waals surface area contributed by atoms with Crippen LogP contribution in [0.2, 0.25) is 0 Å². The van der Waals surface area contributed by atoms with Crippen LogP contribution in [0.25, 0.3) is 0 Å². The fourth-order valence-corrected chi connectivity index (χ4v) is 3.94. The van der Waals surface area contributed by atoms with Crippen LogP contribution in [0.5, 0.6) is 0 Å². The van der Waals surface area contributed by atoms with E-state index in [1.54, 1.807) is 0 Å². The molecular formula is C21H35N5. The second kappa shape index (κ2) is 9.81. The van der Waals surface area contributed by atoms with E-state index >= 15 is 0 Å². The number of piperidine rings is 1. The average Bonchev–Trinajstić information content (AvgIpc) is 2.70. The van der Waals surface area contributed by atoms with Gasteiger partial charge < -0.3 is 20.0 Å². The number of aliphatic imine (C=N–C) groups is 1. The highest BCUT2D eigenvalue weighted by molar-refractivity contribution is 5.80. The highest BCUT2D eigenvalue weighted by atomic mass is 15.3. The average molecular weight is 358 g/mol. The van der Waals surface area contributed by atoms with E-state index in [0.717, 1.165) is 51.1 Å². The summed E-state index contributed by atoms with van der Waals surface area (Å²) >= 11 is 0. The quantitative estimate of drug-likeness (QED) is 0.649. The van der Waals surface area contributed by atoms with Gasteiger partial charge in [-0.3, -0.25) is 4.99 Å². The molecule has 3 rings (SSSR count). The lowest BCUT2D eigenvalue weighted by Crippen LogP contribution is -2.52. The van der Waals surface area contributed by atoms with Gasteiger partial charge in [-0.05, 0) is 64.4 Å². The van der Waals surface area contributed by atoms with Gasteiger partial charge in [-0.2, -0.15) is 0 Å². The molecule has 0 radical (unpaired) electrons. The minimum absolute atomic E-state index is 0.854. The number of rotatable bonds is 5. The Morgan fingerprint density at radius 3 is 2.38 bits per heavy atom. The zero-order valence-electron chi connectivity index (χ0n) is 16.5. The monoisotopic (exact) mass is 357 g/mol. The highest BCUT2D eigenvalue weighted by Crippen LogP contribution is 2.19. The fraction of sp³-hybridized carbons (Fsp3) is 0.667. The van der Waals surface area contributed by atoms with Crippen molar-refractivity contribution in [1.82, 2.24) is 15.1 Å². The largest absolute Gasteiger partial charge is 0.368 e. The van der Waals surface area contributed by atoms with Crippen LogP contribution in [0.1, 0.15) is 26.2 Å². The molecule has 2 fully saturated rings. The van der Waals surface area contributed by atoms with Crippen molar-refractivity contribution >= 4 is 11.6 Å². The van der Waals surface area contributed by atoms with E-state index in [1.165, 1.54) is 38.0 Å². The summed E-state index contributed by atoms with van der Waals surface area (Å²) in [6.07, 6.45) is 3.89. The first-order chi connectivity index (χ1) is 12.8. The van der Waals surface area contributed by atoms with Crippen molar-refractivity contribution in [3.63, 3.8) is 0 Å². The van der Waals surface area contributed by atoms with Crippen LogP contribution in [0, 0.1) is 5.92 Å². The maximum absolute atomic E-state index is 4.95. The lowest BCUT2D eigenvalue weighted by Gasteiger charge is -2.37. The molecule has 2 aliphatic rings. The summed E-state index contributed by atoms with van der Waals surface area (Å²) in [7, 11) is 2.23. The molecule has 0 bridgehead atoms. The van der Waals surface area contributed by atoms with Gasteiger partial charge in [-0.25, -0.2) is 0 Å². The summed E-state index contributed by atoms with van der Waals surface area (Å²) in [5.74, 6) is 1.96. The number of likely N-dealkylation sites (tertiary alicyclic amines) is 1. The first-order valence-corrected chi connectivity index (χ1v) is 10.3. The highest BCUT2D eigenvalue weighted by Gasteiger charge is 2.20. The van der Waals surface area contributed by atoms with Crippen molar-refractivity contribution < 1.29 is 0 Å². The molecule has 0 aromatic heterocycles. The standard InChI is InChI=1S/C21H35N5/c1-3-22-21(23-12-9-19-10-13-24(2)14-11-19)26-17-15-25(16-18-26)20-7-5-4-6-8-20/h4-8,19H,3,9-18H2,1-2H3,(H,22,23). The number of para-hydroxylation sites is 1. The molecule has 144 valence electrons. The molecule has 0 unspecified atom stereocenters. The zero-order valence-corrected chi connectivity index (χ0v) is 16.5. The van der Waals surface area contributed by atoms with Gasteiger partial charge in [-0.15, -0.1) is 0 Å². The first-order valence-electron chi connectivity index (χ1n) is 10.3. The number of hydrogen-bond donors (Lipinski definition) is 1. The molecular weight excluding hydrogens is 322 g/mol. The van der Waals surface area contributed by atoms with Gasteiger partial charge >= 0.3 is 0 Å². The van der Waals surface area contributed by atoms with Crippen molar-refractivity contribution in [2.75, 3.05) is 64.3 Å². The minimum atomic E-state index is 0.854. The zero-order chi connectivity index (χ0) is 18.2. The van der Waals surface area contributed by atoms with Crippen molar-refractivity contribution in [3.05, 3.63) is 30.3 Å². The van der Waals surface area contributed by atoms with Crippen LogP contribution in [0.4, 0.5) is 5.69 Å². The van der Waals surface area contributed by atoms with Crippen molar-refractivity contribution in [2.45, 2.75) is 26.2 Å². The third-order valence-corrected chi connectivity index (χ3v) is 5.67. The molecule has 5 nitrogen and oxygen atoms in total. The molecule has 0 spiro atoms. The van der Waals surface area contributed by atoms with Gasteiger partial charge in [0, 0.05) is 45.0 Å². The summed E-state index contributed by atoms with van der Waals surface area (Å²) in [5, 5.41) is 3.50. The summed E-state index contributed by atoms with van der Waals surface area (Å²) in [4.78, 5) is 12.3. The third kappa shape index (κ3) is 5.37. The Kier molecular flexibility index (Phi) is 7.18. The van der Waals surface area contributed by atoms with Crippen LogP contribution >= 0.6 is 0 Å². The predicted molar refractivity (Wildman–Crippen MR) is 111 cm³/mol. The summed E-state index contributed by atoms with van der Waals surface area (Å²) < 4.78 is 0. The predicted octanol–water partition coefficient (Wildman–Crippen LogP) is 2.51. The normalized spacial score (nSPS) is 20.5. The number of anilines is 1. The lowest BCUT2D eigenvalue weighted by molar-refractivity contribution is 0.214. The van der Waals surface area contributed by atoms with Gasteiger partial charge in [0.25, 0.3) is 0 Å². The summed E-state index contributed by atoms with van der Waals surface area (Å²) in [6, 6.07) is 10.7. The van der Waals surface area contributed by atoms with Gasteiger partial charge in [0.2, 0.25) is 0 Å². The van der Waals surface area contributed by atoms with Gasteiger partial charge in [0.1, 0.15) is 0 Å². The van der Waals surface area contributed by atoms with Crippen LogP contribution in [-0.2, 0) is 0 Å². The second-order valence-electron chi connectivity index (χ2n) is 7.58. The van der Waals surface area contributed by atoms with E-state index in [-0.39, 0.29) is 0 Å². The molecule has 2 saturated heterocycles. The topological polar surface area (TPSA) is 34.1 Å². The number of guanidine groups is 1. The molecule has 2 aliphatic heterocycles. The van der Waals surface area contributed by atoms with Crippen molar-refractivity contribution in [3.8, 4) is 0 Å². The van der Waals surface area contributed by atoms with E-state index in [4.69, 9.17) is 4.99 Å². The van der Waals surface area contributed by atoms with Crippen LogP contribution in [0.3, 0.4) is 0 Å². The molecule has 1 N–H and O–H groups in total. The van der Waals surface area contributed by atoms with E-state index in [0.29, 0.717) is 0 Å². The van der Waals surface area contributed by atoms with Crippen LogP contribution < -0.4 is 10.2 Å². The van der Waals surface area contributed by atoms with Crippen molar-refractivity contribution in [2.24, 2.45) is 10.9 Å². The first kappa shape index (κ1) is 19.0. The molecule has 0 saturated carbocycles. The molecule has 5 heteroatoms. The molecule has 0 amide bonds. The van der Waals surface area contributed by atoms with E-state index < -0.39 is 0 Å². The Labute approximate surface area is 159 Å². The van der Waals surface area contributed by atoms with Gasteiger partial charge in [0.15, 0.2) is 5.96 Å². The number of nitrogens with one attached hydrogen (secondary N) is 1. The maximum atomic E-state index is 4.95. The second-order valence-corrected chi connectivity index (χ2v) is 7.58. The molecule has 0 aliphatic carbocycles. The smallest absolute Gasteiger partial charge is 0.194 e. The molecule has 1 aromatic rings. The van der Waals surface area contributed by atoms with E-state index in [1.807, 2.05) is 0 Å². The number of nitrogens with zero attached hydrogens (tertiary/aromatic N) is 4. The van der Waals surface area contributed by atoms with E-state index in [2.05, 4.69) is 64.3 Å². The Morgan fingerprint density at radius 2 is 1.73 bits per heavy atom. The minimum Gasteiger partial charge on any atom is -0.368 e. The van der Waals surface area contributed by atoms with Crippen molar-refractivity contribution in [1.29, 1.82) is 0 Å². The number of benzene rings is 1. The third-order valence-electron chi connectivity index (χ3n) is 5.67. The fourth-order valence-electron chi connectivity index (χ4n) is 3.94. The number of hydrogen-bond acceptors (Lipinski definition) is 3. The van der Waals surface area contributed by atoms with E-state index in [9.17, 15) is 0 Å². The van der Waals surface area contributed by atoms with Crippen LogP contribution in [-0.4, -0.2) is 75.2 Å². The lowest BCUT2D eigenvalue weighted by atomic mass is 9.94. The molecule has 2 heterocycles. The Bertz CT molecular complexity index is 543. The maximum Gasteiger partial charge on any atom is 0.194 e. The van der Waals surface area contributed by atoms with Crippen LogP contribution in [0.15, 0.2) is 35.3 Å². The SMILES string of the molecule is CCNC(=NCCC1CCN(C)CC1)N1CCN(c2ccccc2)CC1. The molecule has 26 heavy (non-hydrogen) atoms. The summed E-state index contributed by atoms with van der Waals surface area (Å²) in [5.41, 5.74) is 1.33. The molecule has 0 atom stereocenters. The summed E-state index contributed by atoms with van der Waals surface area (Å²) in [6.45, 7) is 10.7. The Balaban J connectivity index is 1.48. The Morgan fingerprint density at radius 1 is 1.04 bits per heavy atom. The van der Waals surface area contributed by atoms with Gasteiger partial charge in [0.05, 0.1) is 0 Å². The number of piperazine rings is 1. The Hall–Kier alpha value is -1.75.